The van der Waals surface area contributed by atoms with Gasteiger partial charge in [-0.15, -0.1) is 0 Å². The van der Waals surface area contributed by atoms with E-state index in [0.29, 0.717) is 25.1 Å². The van der Waals surface area contributed by atoms with E-state index < -0.39 is 17.1 Å². The smallest absolute Gasteiger partial charge is 0.337 e. The number of rotatable bonds is 6. The summed E-state index contributed by atoms with van der Waals surface area (Å²) in [5.74, 6) is -0.624. The van der Waals surface area contributed by atoms with Crippen LogP contribution in [0.1, 0.15) is 31.7 Å². The van der Waals surface area contributed by atoms with Crippen molar-refractivity contribution in [3.8, 4) is 16.8 Å². The van der Waals surface area contributed by atoms with Crippen molar-refractivity contribution in [2.24, 2.45) is 0 Å². The predicted molar refractivity (Wildman–Crippen MR) is 133 cm³/mol. The van der Waals surface area contributed by atoms with E-state index in [-0.39, 0.29) is 29.7 Å². The Morgan fingerprint density at radius 2 is 1.71 bits per heavy atom. The number of hydrogen-bond donors (Lipinski definition) is 2. The summed E-state index contributed by atoms with van der Waals surface area (Å²) in [5.41, 5.74) is 1.62. The summed E-state index contributed by atoms with van der Waals surface area (Å²) in [6.45, 7) is 0.580. The van der Waals surface area contributed by atoms with Gasteiger partial charge in [0.15, 0.2) is 5.65 Å². The predicted octanol–water partition coefficient (Wildman–Crippen LogP) is 3.42. The number of aliphatic hydroxyl groups excluding tert-OH is 1. The standard InChI is InChI=1S/C27H27FN4O3/c28-20-16-24-25(30-17-20)31(23-8-4-7-19(15-23)18-5-2-1-3-6-18)27(35)32(26(24)34)22-11-9-21(10-12-22)29-13-14-33/h1-8,15-17,21-22,29,33H,9-14H2/t21-,22+. The summed E-state index contributed by atoms with van der Waals surface area (Å²) in [4.78, 5) is 31.4. The minimum absolute atomic E-state index is 0.0649. The molecule has 2 N–H and O–H groups in total. The summed E-state index contributed by atoms with van der Waals surface area (Å²) in [6, 6.07) is 18.4. The SMILES string of the molecule is O=c1c2cc(F)cnc2n(-c2cccc(-c3ccccc3)c2)c(=O)n1[C@H]1CC[C@@H](NCCO)CC1. The Bertz CT molecular complexity index is 1460. The van der Waals surface area contributed by atoms with Crippen molar-refractivity contribution < 1.29 is 9.50 Å². The number of aromatic nitrogens is 3. The fourth-order valence-electron chi connectivity index (χ4n) is 5.00. The summed E-state index contributed by atoms with van der Waals surface area (Å²) < 4.78 is 16.8. The Balaban J connectivity index is 1.64. The van der Waals surface area contributed by atoms with Gasteiger partial charge in [-0.3, -0.25) is 9.36 Å². The van der Waals surface area contributed by atoms with E-state index >= 15 is 0 Å². The Morgan fingerprint density at radius 3 is 2.46 bits per heavy atom. The lowest BCUT2D eigenvalue weighted by Crippen LogP contribution is -2.44. The fourth-order valence-corrected chi connectivity index (χ4v) is 5.00. The minimum Gasteiger partial charge on any atom is -0.395 e. The second-order valence-corrected chi connectivity index (χ2v) is 8.92. The maximum Gasteiger partial charge on any atom is 0.337 e. The Kier molecular flexibility index (Phi) is 6.57. The molecule has 1 aliphatic carbocycles. The minimum atomic E-state index is -0.624. The van der Waals surface area contributed by atoms with E-state index in [1.54, 1.807) is 6.07 Å². The largest absolute Gasteiger partial charge is 0.395 e. The molecular weight excluding hydrogens is 447 g/mol. The van der Waals surface area contributed by atoms with Crippen LogP contribution in [0.3, 0.4) is 0 Å². The average Bonchev–Trinajstić information content (AvgIpc) is 2.89. The third kappa shape index (κ3) is 4.54. The van der Waals surface area contributed by atoms with Crippen molar-refractivity contribution in [2.45, 2.75) is 37.8 Å². The number of hydrogen-bond acceptors (Lipinski definition) is 5. The van der Waals surface area contributed by atoms with Gasteiger partial charge in [0, 0.05) is 18.6 Å². The van der Waals surface area contributed by atoms with Gasteiger partial charge < -0.3 is 10.4 Å². The molecule has 2 aromatic heterocycles. The number of nitrogens with zero attached hydrogens (tertiary/aromatic N) is 3. The molecule has 0 amide bonds. The summed E-state index contributed by atoms with van der Waals surface area (Å²) >= 11 is 0. The van der Waals surface area contributed by atoms with Crippen LogP contribution >= 0.6 is 0 Å². The Morgan fingerprint density at radius 1 is 0.971 bits per heavy atom. The Labute approximate surface area is 201 Å². The average molecular weight is 475 g/mol. The fraction of sp³-hybridized carbons (Fsp3) is 0.296. The molecule has 0 saturated heterocycles. The van der Waals surface area contributed by atoms with Crippen molar-refractivity contribution in [3.63, 3.8) is 0 Å². The number of pyridine rings is 1. The van der Waals surface area contributed by atoms with Gasteiger partial charge in [0.1, 0.15) is 5.82 Å². The quantitative estimate of drug-likeness (QED) is 0.447. The molecule has 0 aliphatic heterocycles. The van der Waals surface area contributed by atoms with Crippen molar-refractivity contribution in [2.75, 3.05) is 13.2 Å². The van der Waals surface area contributed by atoms with E-state index in [2.05, 4.69) is 10.3 Å². The van der Waals surface area contributed by atoms with Crippen LogP contribution < -0.4 is 16.6 Å². The molecule has 35 heavy (non-hydrogen) atoms. The molecule has 1 aliphatic rings. The third-order valence-corrected chi connectivity index (χ3v) is 6.71. The molecule has 5 rings (SSSR count). The van der Waals surface area contributed by atoms with Crippen molar-refractivity contribution in [1.29, 1.82) is 0 Å². The monoisotopic (exact) mass is 474 g/mol. The lowest BCUT2D eigenvalue weighted by molar-refractivity contribution is 0.248. The van der Waals surface area contributed by atoms with Gasteiger partial charge in [-0.2, -0.15) is 0 Å². The topological polar surface area (TPSA) is 89.2 Å². The van der Waals surface area contributed by atoms with Gasteiger partial charge in [0.2, 0.25) is 0 Å². The zero-order chi connectivity index (χ0) is 24.4. The van der Waals surface area contributed by atoms with Gasteiger partial charge in [-0.25, -0.2) is 18.7 Å². The van der Waals surface area contributed by atoms with Crippen LogP contribution in [-0.4, -0.2) is 38.4 Å². The molecule has 1 saturated carbocycles. The summed E-state index contributed by atoms with van der Waals surface area (Å²) in [6.07, 6.45) is 3.85. The first kappa shape index (κ1) is 23.1. The molecule has 8 heteroatoms. The van der Waals surface area contributed by atoms with Crippen LogP contribution in [0.15, 0.2) is 76.4 Å². The molecule has 1 fully saturated rings. The molecule has 180 valence electrons. The highest BCUT2D eigenvalue weighted by molar-refractivity contribution is 5.76. The maximum atomic E-state index is 14.2. The number of fused-ring (bicyclic) bond motifs is 1. The highest BCUT2D eigenvalue weighted by Crippen LogP contribution is 2.28. The van der Waals surface area contributed by atoms with Crippen molar-refractivity contribution >= 4 is 11.0 Å². The van der Waals surface area contributed by atoms with E-state index in [1.165, 1.54) is 9.13 Å². The summed E-state index contributed by atoms with van der Waals surface area (Å²) in [7, 11) is 0. The van der Waals surface area contributed by atoms with Crippen LogP contribution in [0, 0.1) is 5.82 Å². The molecular formula is C27H27FN4O3. The van der Waals surface area contributed by atoms with Gasteiger partial charge in [-0.1, -0.05) is 42.5 Å². The van der Waals surface area contributed by atoms with Gasteiger partial charge >= 0.3 is 5.69 Å². The second kappa shape index (κ2) is 9.93. The van der Waals surface area contributed by atoms with Crippen LogP contribution in [0.25, 0.3) is 27.8 Å². The first-order valence-electron chi connectivity index (χ1n) is 11.9. The highest BCUT2D eigenvalue weighted by atomic mass is 19.1. The second-order valence-electron chi connectivity index (χ2n) is 8.92. The zero-order valence-electron chi connectivity index (χ0n) is 19.2. The molecule has 7 nitrogen and oxygen atoms in total. The molecule has 4 aromatic rings. The third-order valence-electron chi connectivity index (χ3n) is 6.71. The van der Waals surface area contributed by atoms with E-state index in [1.807, 2.05) is 48.5 Å². The van der Waals surface area contributed by atoms with Crippen LogP contribution in [0.4, 0.5) is 4.39 Å². The number of nitrogens with one attached hydrogen (secondary N) is 1. The normalized spacial score (nSPS) is 18.1. The number of aliphatic hydroxyl groups is 1. The number of halogens is 1. The van der Waals surface area contributed by atoms with Crippen LogP contribution in [-0.2, 0) is 0 Å². The zero-order valence-corrected chi connectivity index (χ0v) is 19.2. The van der Waals surface area contributed by atoms with Crippen molar-refractivity contribution in [3.05, 3.63) is 93.5 Å². The lowest BCUT2D eigenvalue weighted by atomic mass is 9.91. The molecule has 2 aromatic carbocycles. The van der Waals surface area contributed by atoms with Gasteiger partial charge in [-0.05, 0) is 55.0 Å². The number of benzene rings is 2. The van der Waals surface area contributed by atoms with Gasteiger partial charge in [0.05, 0.1) is 23.9 Å². The summed E-state index contributed by atoms with van der Waals surface area (Å²) in [5, 5.41) is 12.4. The highest BCUT2D eigenvalue weighted by Gasteiger charge is 2.27. The molecule has 0 radical (unpaired) electrons. The Hall–Kier alpha value is -3.62. The maximum absolute atomic E-state index is 14.2. The molecule has 0 unspecified atom stereocenters. The molecule has 2 heterocycles. The van der Waals surface area contributed by atoms with Crippen LogP contribution in [0.2, 0.25) is 0 Å². The van der Waals surface area contributed by atoms with Gasteiger partial charge in [0.25, 0.3) is 5.56 Å². The van der Waals surface area contributed by atoms with E-state index in [0.717, 1.165) is 36.2 Å². The molecule has 0 spiro atoms. The van der Waals surface area contributed by atoms with Crippen LogP contribution in [0.5, 0.6) is 0 Å². The lowest BCUT2D eigenvalue weighted by Gasteiger charge is -2.30. The first-order chi connectivity index (χ1) is 17.1. The molecule has 0 bridgehead atoms. The first-order valence-corrected chi connectivity index (χ1v) is 11.9. The van der Waals surface area contributed by atoms with E-state index in [9.17, 15) is 14.0 Å². The van der Waals surface area contributed by atoms with Crippen molar-refractivity contribution in [1.82, 2.24) is 19.4 Å². The van der Waals surface area contributed by atoms with E-state index in [4.69, 9.17) is 5.11 Å². The molecule has 0 atom stereocenters.